The maximum atomic E-state index is 13.5. The molecule has 0 aromatic carbocycles. The molecule has 0 spiro atoms. The highest BCUT2D eigenvalue weighted by Gasteiger charge is 2.30. The molecule has 9 nitrogen and oxygen atoms in total. The predicted molar refractivity (Wildman–Crippen MR) is 309 cm³/mol. The first kappa shape index (κ1) is 70.2. The fourth-order valence-corrected chi connectivity index (χ4v) is 9.79. The largest absolute Gasteiger partial charge is 0.472 e. The molecule has 0 aliphatic carbocycles. The van der Waals surface area contributed by atoms with Crippen LogP contribution in [0.25, 0.3) is 0 Å². The van der Waals surface area contributed by atoms with Gasteiger partial charge in [0.15, 0.2) is 0 Å². The van der Waals surface area contributed by atoms with E-state index in [1.54, 1.807) is 0 Å². The van der Waals surface area contributed by atoms with Crippen LogP contribution in [-0.4, -0.2) is 74.3 Å². The maximum absolute atomic E-state index is 13.5. The van der Waals surface area contributed by atoms with Crippen molar-refractivity contribution in [3.8, 4) is 0 Å². The molecule has 10 heteroatoms. The second kappa shape index (κ2) is 52.7. The molecule has 0 aromatic rings. The van der Waals surface area contributed by atoms with Crippen LogP contribution in [-0.2, 0) is 27.9 Å². The quantitative estimate of drug-likeness (QED) is 0.0156. The van der Waals surface area contributed by atoms with E-state index >= 15 is 0 Å². The number of quaternary nitrogens is 1. The summed E-state index contributed by atoms with van der Waals surface area (Å²) in [4.78, 5) is 37.7. The molecular weight excluding hydrogens is 916 g/mol. The fourth-order valence-electron chi connectivity index (χ4n) is 9.05. The van der Waals surface area contributed by atoms with Gasteiger partial charge in [-0.05, 0) is 57.4 Å². The number of hydrogen-bond acceptors (Lipinski definition) is 6. The number of carbonyl (C=O) groups is 2. The van der Waals surface area contributed by atoms with Crippen LogP contribution < -0.4 is 5.32 Å². The molecule has 2 N–H and O–H groups in total. The Bertz CT molecular complexity index is 1330. The monoisotopic (exact) mass is 1040 g/mol. The van der Waals surface area contributed by atoms with Gasteiger partial charge in [0.1, 0.15) is 19.3 Å². The molecule has 0 rings (SSSR count). The van der Waals surface area contributed by atoms with E-state index in [1.807, 2.05) is 33.3 Å². The number of ether oxygens (including phenoxy) is 1. The van der Waals surface area contributed by atoms with Crippen molar-refractivity contribution >= 4 is 19.7 Å². The van der Waals surface area contributed by atoms with Gasteiger partial charge in [-0.25, -0.2) is 4.57 Å². The number of carbonyl (C=O) groups excluding carboxylic acids is 2. The third-order valence-electron chi connectivity index (χ3n) is 13.9. The second-order valence-electron chi connectivity index (χ2n) is 22.3. The van der Waals surface area contributed by atoms with Gasteiger partial charge in [-0.15, -0.1) is 0 Å². The summed E-state index contributed by atoms with van der Waals surface area (Å²) in [7, 11) is 1.50. The van der Waals surface area contributed by atoms with Gasteiger partial charge in [-0.1, -0.05) is 263 Å². The van der Waals surface area contributed by atoms with Crippen LogP contribution in [0.3, 0.4) is 0 Å². The van der Waals surface area contributed by atoms with E-state index < -0.39 is 20.0 Å². The summed E-state index contributed by atoms with van der Waals surface area (Å²) < 4.78 is 30.7. The van der Waals surface area contributed by atoms with Gasteiger partial charge in [-0.2, -0.15) is 0 Å². The highest BCUT2D eigenvalue weighted by Crippen LogP contribution is 2.43. The molecule has 1 amide bonds. The summed E-state index contributed by atoms with van der Waals surface area (Å²) in [6.07, 6.45) is 62.8. The number of phosphoric ester groups is 1. The van der Waals surface area contributed by atoms with E-state index in [1.165, 1.54) is 186 Å². The first-order chi connectivity index (χ1) is 34.9. The van der Waals surface area contributed by atoms with E-state index in [9.17, 15) is 19.0 Å². The minimum absolute atomic E-state index is 0.0398. The van der Waals surface area contributed by atoms with E-state index in [4.69, 9.17) is 13.8 Å². The molecule has 0 heterocycles. The average molecular weight is 1040 g/mol. The van der Waals surface area contributed by atoms with Gasteiger partial charge in [0.25, 0.3) is 0 Å². The lowest BCUT2D eigenvalue weighted by Crippen LogP contribution is -2.47. The number of amides is 1. The number of nitrogens with one attached hydrogen (secondary N) is 1. The molecule has 424 valence electrons. The molecule has 3 unspecified atom stereocenters. The first-order valence-electron chi connectivity index (χ1n) is 30.8. The molecular formula is C62H120N2O7P+. The van der Waals surface area contributed by atoms with Gasteiger partial charge >= 0.3 is 13.8 Å². The summed E-state index contributed by atoms with van der Waals surface area (Å²) in [6.45, 7) is 7.00. The Morgan fingerprint density at radius 1 is 0.486 bits per heavy atom. The number of nitrogens with zero attached hydrogens (tertiary/aromatic N) is 1. The standard InChI is InChI=1S/C62H119N2O7P/c1-7-10-13-16-19-22-25-28-30-31-32-33-35-37-40-43-46-49-52-55-62(66)71-60(53-50-47-44-41-38-27-24-21-18-15-12-9-3)59(58-70-72(67,68)69-57-56-64(4,5)6)63-61(65)54-51-48-45-42-39-36-34-29-26-23-20-17-14-11-8-2/h20,23,26,29,50,53,59-60H,7-19,21-22,24-25,27-28,30-49,51-52,54-58H2,1-6H3,(H-,63,65,67,68)/p+1/b23-20+,29-26+,53-50+. The Hall–Kier alpha value is -1.77. The predicted octanol–water partition coefficient (Wildman–Crippen LogP) is 18.7. The van der Waals surface area contributed by atoms with Crippen LogP contribution in [0, 0.1) is 0 Å². The summed E-state index contributed by atoms with van der Waals surface area (Å²) in [5.74, 6) is -0.506. The van der Waals surface area contributed by atoms with Crippen LogP contribution in [0.15, 0.2) is 36.5 Å². The smallest absolute Gasteiger partial charge is 0.456 e. The number of unbranched alkanes of at least 4 members (excludes halogenated alkanes) is 37. The van der Waals surface area contributed by atoms with Gasteiger partial charge in [-0.3, -0.25) is 18.6 Å². The van der Waals surface area contributed by atoms with Crippen LogP contribution in [0.1, 0.15) is 297 Å². The Balaban J connectivity index is 5.24. The van der Waals surface area contributed by atoms with Crippen molar-refractivity contribution in [2.75, 3.05) is 40.9 Å². The van der Waals surface area contributed by atoms with E-state index in [2.05, 4.69) is 50.4 Å². The molecule has 0 bridgehead atoms. The molecule has 0 saturated carbocycles. The molecule has 3 atom stereocenters. The lowest BCUT2D eigenvalue weighted by Gasteiger charge is -2.27. The Morgan fingerprint density at radius 2 is 0.833 bits per heavy atom. The lowest BCUT2D eigenvalue weighted by atomic mass is 10.0. The van der Waals surface area contributed by atoms with Gasteiger partial charge < -0.3 is 19.4 Å². The lowest BCUT2D eigenvalue weighted by molar-refractivity contribution is -0.870. The SMILES string of the molecule is CCCCC/C=C/C=C/CCCCCCCCC(=O)NC(COP(=O)(O)OCC[N+](C)(C)C)C(/C=C/CCCCCCCCCCCC)OC(=O)CCCCCCCCCCCCCCCCCCCCC. The zero-order chi connectivity index (χ0) is 52.9. The van der Waals surface area contributed by atoms with Gasteiger partial charge in [0, 0.05) is 12.8 Å². The van der Waals surface area contributed by atoms with Crippen molar-refractivity contribution in [2.24, 2.45) is 0 Å². The Morgan fingerprint density at radius 3 is 1.25 bits per heavy atom. The van der Waals surface area contributed by atoms with Gasteiger partial charge in [0.05, 0.1) is 33.8 Å². The van der Waals surface area contributed by atoms with Crippen molar-refractivity contribution in [1.29, 1.82) is 0 Å². The summed E-state index contributed by atoms with van der Waals surface area (Å²) in [5, 5.41) is 3.05. The molecule has 0 saturated heterocycles. The summed E-state index contributed by atoms with van der Waals surface area (Å²) in [6, 6.07) is -0.850. The summed E-state index contributed by atoms with van der Waals surface area (Å²) >= 11 is 0. The normalized spacial score (nSPS) is 13.9. The minimum Gasteiger partial charge on any atom is -0.456 e. The van der Waals surface area contributed by atoms with E-state index in [-0.39, 0.29) is 25.1 Å². The zero-order valence-corrected chi connectivity index (χ0v) is 49.3. The van der Waals surface area contributed by atoms with Crippen molar-refractivity contribution < 1.29 is 37.3 Å². The van der Waals surface area contributed by atoms with Crippen molar-refractivity contribution in [3.05, 3.63) is 36.5 Å². The minimum atomic E-state index is -4.45. The highest BCUT2D eigenvalue weighted by molar-refractivity contribution is 7.47. The molecule has 72 heavy (non-hydrogen) atoms. The number of allylic oxidation sites excluding steroid dienone is 5. The molecule has 0 aromatic heterocycles. The molecule has 0 aliphatic rings. The van der Waals surface area contributed by atoms with Crippen LogP contribution >= 0.6 is 7.82 Å². The third kappa shape index (κ3) is 53.1. The Labute approximate surface area is 446 Å². The summed E-state index contributed by atoms with van der Waals surface area (Å²) in [5.41, 5.74) is 0. The highest BCUT2D eigenvalue weighted by atomic mass is 31.2. The van der Waals surface area contributed by atoms with Crippen molar-refractivity contribution in [1.82, 2.24) is 5.32 Å². The molecule has 0 aliphatic heterocycles. The number of esters is 1. The van der Waals surface area contributed by atoms with Crippen LogP contribution in [0.4, 0.5) is 0 Å². The van der Waals surface area contributed by atoms with Crippen LogP contribution in [0.5, 0.6) is 0 Å². The first-order valence-corrected chi connectivity index (χ1v) is 32.3. The van der Waals surface area contributed by atoms with E-state index in [0.29, 0.717) is 23.9 Å². The maximum Gasteiger partial charge on any atom is 0.472 e. The molecule has 0 radical (unpaired) electrons. The van der Waals surface area contributed by atoms with Crippen LogP contribution in [0.2, 0.25) is 0 Å². The topological polar surface area (TPSA) is 111 Å². The average Bonchev–Trinajstić information content (AvgIpc) is 3.34. The van der Waals surface area contributed by atoms with E-state index in [0.717, 1.165) is 77.0 Å². The van der Waals surface area contributed by atoms with Crippen molar-refractivity contribution in [2.45, 2.75) is 309 Å². The van der Waals surface area contributed by atoms with Crippen molar-refractivity contribution in [3.63, 3.8) is 0 Å². The Kier molecular flexibility index (Phi) is 51.4. The number of phosphoric acid groups is 1. The van der Waals surface area contributed by atoms with Gasteiger partial charge in [0.2, 0.25) is 5.91 Å². The zero-order valence-electron chi connectivity index (χ0n) is 48.4. The molecule has 0 fully saturated rings. The number of likely N-dealkylation sites (N-methyl/N-ethyl adjacent to an activating group) is 1. The fraction of sp³-hybridized carbons (Fsp3) is 0.871. The number of hydrogen-bond donors (Lipinski definition) is 2. The number of rotatable bonds is 56. The third-order valence-corrected chi connectivity index (χ3v) is 14.8. The second-order valence-corrected chi connectivity index (χ2v) is 23.7.